The Bertz CT molecular complexity index is 925. The number of fused-ring (bicyclic) bond motifs is 1. The molecule has 1 heterocycles. The van der Waals surface area contributed by atoms with E-state index in [1.165, 1.54) is 6.34 Å². The summed E-state index contributed by atoms with van der Waals surface area (Å²) in [5.41, 5.74) is 1.34. The molecular weight excluding hydrogens is 340 g/mol. The molecule has 0 amide bonds. The lowest BCUT2D eigenvalue weighted by atomic mass is 9.85. The maximum atomic E-state index is 11.1. The maximum absolute atomic E-state index is 11.1. The summed E-state index contributed by atoms with van der Waals surface area (Å²) in [5, 5.41) is 29.3. The predicted octanol–water partition coefficient (Wildman–Crippen LogP) is 3.14. The minimum atomic E-state index is -0.896. The summed E-state index contributed by atoms with van der Waals surface area (Å²) < 4.78 is 5.97. The first-order valence-electron chi connectivity index (χ1n) is 8.59. The molecule has 1 N–H and O–H groups in total. The van der Waals surface area contributed by atoms with E-state index < -0.39 is 17.7 Å². The Kier molecular flexibility index (Phi) is 5.12. The van der Waals surface area contributed by atoms with Crippen molar-refractivity contribution in [2.45, 2.75) is 38.1 Å². The molecule has 6 heteroatoms. The van der Waals surface area contributed by atoms with Crippen LogP contribution in [0.5, 0.6) is 5.75 Å². The van der Waals surface area contributed by atoms with E-state index in [0.717, 1.165) is 5.56 Å². The van der Waals surface area contributed by atoms with Crippen molar-refractivity contribution in [1.29, 1.82) is 10.5 Å². The zero-order chi connectivity index (χ0) is 19.4. The molecule has 6 nitrogen and oxygen atoms in total. The fourth-order valence-electron chi connectivity index (χ4n) is 3.30. The predicted molar refractivity (Wildman–Crippen MR) is 101 cm³/mol. The smallest absolute Gasteiger partial charge is 0.207 e. The average molecular weight is 360 g/mol. The van der Waals surface area contributed by atoms with Gasteiger partial charge in [0, 0.05) is 12.1 Å². The Morgan fingerprint density at radius 2 is 1.96 bits per heavy atom. The van der Waals surface area contributed by atoms with Gasteiger partial charge in [-0.25, -0.2) is 0 Å². The van der Waals surface area contributed by atoms with Gasteiger partial charge in [0.05, 0.1) is 17.7 Å². The van der Waals surface area contributed by atoms with Gasteiger partial charge in [-0.05, 0) is 37.6 Å². The number of ether oxygens (including phenoxy) is 1. The summed E-state index contributed by atoms with van der Waals surface area (Å²) in [5.74, 6) is 0.609. The zero-order valence-corrected chi connectivity index (χ0v) is 15.2. The first-order chi connectivity index (χ1) is 13.0. The van der Waals surface area contributed by atoms with E-state index in [1.54, 1.807) is 24.4 Å². The molecule has 1 aliphatic rings. The molecule has 2 aromatic rings. The highest BCUT2D eigenvalue weighted by molar-refractivity contribution is 5.59. The minimum absolute atomic E-state index is 0.444. The van der Waals surface area contributed by atoms with Gasteiger partial charge in [0.25, 0.3) is 0 Å². The molecule has 0 aliphatic carbocycles. The molecule has 0 aromatic heterocycles. The molecular formula is C21H20N4O2. The molecule has 0 saturated carbocycles. The van der Waals surface area contributed by atoms with Crippen LogP contribution in [0.25, 0.3) is 0 Å². The van der Waals surface area contributed by atoms with Crippen molar-refractivity contribution in [3.8, 4) is 18.0 Å². The number of nitriles is 2. The van der Waals surface area contributed by atoms with E-state index >= 15 is 0 Å². The van der Waals surface area contributed by atoms with E-state index in [2.05, 4.69) is 11.1 Å². The number of hydrogen-bond donors (Lipinski definition) is 1. The average Bonchev–Trinajstić information content (AvgIpc) is 2.67. The summed E-state index contributed by atoms with van der Waals surface area (Å²) in [6.07, 6.45) is 2.31. The van der Waals surface area contributed by atoms with Gasteiger partial charge in [-0.2, -0.15) is 15.5 Å². The zero-order valence-electron chi connectivity index (χ0n) is 15.2. The van der Waals surface area contributed by atoms with Gasteiger partial charge in [-0.3, -0.25) is 0 Å². The lowest BCUT2D eigenvalue weighted by molar-refractivity contribution is -0.0819. The van der Waals surface area contributed by atoms with Gasteiger partial charge >= 0.3 is 0 Å². The number of aliphatic hydroxyl groups excluding tert-OH is 1. The molecule has 0 radical (unpaired) electrons. The van der Waals surface area contributed by atoms with Crippen LogP contribution in [0.4, 0.5) is 0 Å². The second-order valence-electron chi connectivity index (χ2n) is 6.96. The first-order valence-corrected chi connectivity index (χ1v) is 8.59. The SMILES string of the molecule is CC1(C)Oc2ccc(C#N)cc2[C@H](N(C=NC#N)Cc2ccccc2)[C@H]1O. The van der Waals surface area contributed by atoms with E-state index in [-0.39, 0.29) is 0 Å². The molecule has 0 spiro atoms. The number of benzene rings is 2. The number of hydrogen-bond acceptors (Lipinski definition) is 5. The molecule has 2 atom stereocenters. The minimum Gasteiger partial charge on any atom is -0.485 e. The van der Waals surface area contributed by atoms with Gasteiger partial charge in [0.1, 0.15) is 23.8 Å². The normalized spacial score (nSPS) is 20.2. The summed E-state index contributed by atoms with van der Waals surface area (Å²) in [4.78, 5) is 5.54. The molecule has 27 heavy (non-hydrogen) atoms. The van der Waals surface area contributed by atoms with Crippen molar-refractivity contribution < 1.29 is 9.84 Å². The summed E-state index contributed by atoms with van der Waals surface area (Å²) >= 11 is 0. The number of aliphatic imine (C=N–C) groups is 1. The Hall–Kier alpha value is -3.35. The summed E-state index contributed by atoms with van der Waals surface area (Å²) in [6.45, 7) is 4.07. The molecule has 1 aliphatic heterocycles. The molecule has 0 saturated heterocycles. The van der Waals surface area contributed by atoms with Crippen molar-refractivity contribution in [1.82, 2.24) is 4.90 Å². The molecule has 136 valence electrons. The van der Waals surface area contributed by atoms with E-state index in [9.17, 15) is 10.4 Å². The topological polar surface area (TPSA) is 92.6 Å². The third-order valence-corrected chi connectivity index (χ3v) is 4.67. The summed E-state index contributed by atoms with van der Waals surface area (Å²) in [6, 6.07) is 16.5. The van der Waals surface area contributed by atoms with Crippen LogP contribution in [0.1, 0.15) is 36.6 Å². The quantitative estimate of drug-likeness (QED) is 0.514. The van der Waals surface area contributed by atoms with Crippen molar-refractivity contribution in [2.24, 2.45) is 4.99 Å². The van der Waals surface area contributed by atoms with Crippen LogP contribution in [0.3, 0.4) is 0 Å². The van der Waals surface area contributed by atoms with Crippen LogP contribution < -0.4 is 4.74 Å². The van der Waals surface area contributed by atoms with Crippen molar-refractivity contribution in [3.63, 3.8) is 0 Å². The molecule has 3 rings (SSSR count). The van der Waals surface area contributed by atoms with Gasteiger partial charge in [-0.15, -0.1) is 0 Å². The molecule has 0 bridgehead atoms. The van der Waals surface area contributed by atoms with Crippen molar-refractivity contribution >= 4 is 6.34 Å². The van der Waals surface area contributed by atoms with E-state index in [1.807, 2.05) is 49.1 Å². The fourth-order valence-corrected chi connectivity index (χ4v) is 3.30. The molecule has 2 aromatic carbocycles. The van der Waals surface area contributed by atoms with Gasteiger partial charge in [0.15, 0.2) is 0 Å². The van der Waals surface area contributed by atoms with Crippen LogP contribution in [0.2, 0.25) is 0 Å². The second kappa shape index (κ2) is 7.49. The maximum Gasteiger partial charge on any atom is 0.207 e. The first kappa shape index (κ1) is 18.4. The third kappa shape index (κ3) is 3.76. The number of rotatable bonds is 4. The molecule has 0 fully saturated rings. The van der Waals surface area contributed by atoms with E-state index in [0.29, 0.717) is 23.4 Å². The number of nitrogens with zero attached hydrogens (tertiary/aromatic N) is 4. The Morgan fingerprint density at radius 1 is 1.22 bits per heavy atom. The summed E-state index contributed by atoms with van der Waals surface area (Å²) in [7, 11) is 0. The van der Waals surface area contributed by atoms with Crippen LogP contribution in [0, 0.1) is 22.8 Å². The highest BCUT2D eigenvalue weighted by Crippen LogP contribution is 2.43. The number of aliphatic hydroxyl groups is 1. The Balaban J connectivity index is 2.10. The van der Waals surface area contributed by atoms with Crippen LogP contribution >= 0.6 is 0 Å². The second-order valence-corrected chi connectivity index (χ2v) is 6.96. The van der Waals surface area contributed by atoms with Crippen LogP contribution in [-0.4, -0.2) is 28.0 Å². The van der Waals surface area contributed by atoms with Crippen LogP contribution in [-0.2, 0) is 6.54 Å². The van der Waals surface area contributed by atoms with Gasteiger partial charge in [-0.1, -0.05) is 30.3 Å². The molecule has 0 unspecified atom stereocenters. The highest BCUT2D eigenvalue weighted by atomic mass is 16.5. The van der Waals surface area contributed by atoms with Gasteiger partial charge < -0.3 is 14.7 Å². The lowest BCUT2D eigenvalue weighted by Crippen LogP contribution is -2.53. The highest BCUT2D eigenvalue weighted by Gasteiger charge is 2.45. The van der Waals surface area contributed by atoms with E-state index in [4.69, 9.17) is 10.00 Å². The van der Waals surface area contributed by atoms with Crippen molar-refractivity contribution in [3.05, 3.63) is 65.2 Å². The lowest BCUT2D eigenvalue weighted by Gasteiger charge is -2.45. The van der Waals surface area contributed by atoms with Gasteiger partial charge in [0.2, 0.25) is 6.19 Å². The Morgan fingerprint density at radius 3 is 2.63 bits per heavy atom. The monoisotopic (exact) mass is 360 g/mol. The fraction of sp³-hybridized carbons (Fsp3) is 0.286. The third-order valence-electron chi connectivity index (χ3n) is 4.67. The van der Waals surface area contributed by atoms with Crippen LogP contribution in [0.15, 0.2) is 53.5 Å². The largest absolute Gasteiger partial charge is 0.485 e. The standard InChI is InChI=1S/C21H20N4O2/c1-21(2)20(26)19(17-10-16(11-22)8-9-18(17)27-21)25(14-24-13-23)12-15-6-4-3-5-7-15/h3-10,14,19-20,26H,12H2,1-2H3/t19-,20+/m0/s1. The Labute approximate surface area is 158 Å². The van der Waals surface area contributed by atoms with Crippen molar-refractivity contribution in [2.75, 3.05) is 0 Å².